The maximum Gasteiger partial charge on any atom is 0.119 e. The van der Waals surface area contributed by atoms with Crippen LogP contribution in [-0.2, 0) is 6.42 Å². The van der Waals surface area contributed by atoms with Gasteiger partial charge in [0.05, 0.1) is 0 Å². The van der Waals surface area contributed by atoms with Crippen LogP contribution < -0.4 is 10.5 Å². The van der Waals surface area contributed by atoms with Crippen molar-refractivity contribution in [2.75, 3.05) is 0 Å². The monoisotopic (exact) mass is 233 g/mol. The van der Waals surface area contributed by atoms with Crippen molar-refractivity contribution in [1.82, 2.24) is 0 Å². The number of hydrogen-bond acceptors (Lipinski definition) is 2. The van der Waals surface area contributed by atoms with Crippen LogP contribution in [-0.4, -0.2) is 12.1 Å². The summed E-state index contributed by atoms with van der Waals surface area (Å²) < 4.78 is 5.98. The van der Waals surface area contributed by atoms with Crippen molar-refractivity contribution in [3.8, 4) is 5.75 Å². The average Bonchev–Trinajstić information content (AvgIpc) is 2.32. The molecule has 0 aliphatic heterocycles. The zero-order chi connectivity index (χ0) is 12.1. The molecule has 94 valence electrons. The Morgan fingerprint density at radius 3 is 2.65 bits per heavy atom. The molecule has 0 aromatic heterocycles. The van der Waals surface area contributed by atoms with Crippen LogP contribution >= 0.6 is 0 Å². The minimum absolute atomic E-state index is 0.316. The first kappa shape index (κ1) is 12.4. The molecule has 1 aliphatic rings. The van der Waals surface area contributed by atoms with E-state index in [2.05, 4.69) is 31.2 Å². The fourth-order valence-corrected chi connectivity index (χ4v) is 2.50. The summed E-state index contributed by atoms with van der Waals surface area (Å²) in [4.78, 5) is 0. The number of benzene rings is 1. The van der Waals surface area contributed by atoms with Gasteiger partial charge in [-0.05, 0) is 49.8 Å². The van der Waals surface area contributed by atoms with Crippen molar-refractivity contribution in [3.05, 3.63) is 29.8 Å². The van der Waals surface area contributed by atoms with Gasteiger partial charge in [-0.15, -0.1) is 0 Å². The first-order chi connectivity index (χ1) is 8.28. The lowest BCUT2D eigenvalue weighted by atomic mass is 9.93. The Morgan fingerprint density at radius 2 is 2.00 bits per heavy atom. The van der Waals surface area contributed by atoms with Crippen LogP contribution in [0.4, 0.5) is 0 Å². The van der Waals surface area contributed by atoms with Crippen molar-refractivity contribution in [3.63, 3.8) is 0 Å². The Hall–Kier alpha value is -1.02. The molecular formula is C15H23NO. The van der Waals surface area contributed by atoms with E-state index >= 15 is 0 Å². The van der Waals surface area contributed by atoms with Gasteiger partial charge in [-0.2, -0.15) is 0 Å². The quantitative estimate of drug-likeness (QED) is 0.866. The second-order valence-electron chi connectivity index (χ2n) is 5.06. The third kappa shape index (κ3) is 3.74. The van der Waals surface area contributed by atoms with Gasteiger partial charge in [0.25, 0.3) is 0 Å². The lowest BCUT2D eigenvalue weighted by Gasteiger charge is -2.27. The van der Waals surface area contributed by atoms with E-state index in [-0.39, 0.29) is 0 Å². The summed E-state index contributed by atoms with van der Waals surface area (Å²) in [7, 11) is 0. The molecule has 1 aliphatic carbocycles. The van der Waals surface area contributed by atoms with E-state index in [1.54, 1.807) is 0 Å². The Labute approximate surface area is 104 Å². The first-order valence-electron chi connectivity index (χ1n) is 6.79. The summed E-state index contributed by atoms with van der Waals surface area (Å²) >= 11 is 0. The minimum atomic E-state index is 0.316. The maximum absolute atomic E-state index is 5.98. The molecule has 1 aromatic rings. The van der Waals surface area contributed by atoms with Crippen LogP contribution in [0.5, 0.6) is 5.75 Å². The molecule has 2 heteroatoms. The van der Waals surface area contributed by atoms with Crippen molar-refractivity contribution < 1.29 is 4.74 Å². The predicted molar refractivity (Wildman–Crippen MR) is 71.3 cm³/mol. The SMILES string of the molecule is CCCc1ccc(OC2CCCC(N)C2)cc1. The zero-order valence-corrected chi connectivity index (χ0v) is 10.7. The van der Waals surface area contributed by atoms with Crippen molar-refractivity contribution in [2.24, 2.45) is 5.73 Å². The lowest BCUT2D eigenvalue weighted by molar-refractivity contribution is 0.144. The Bertz CT molecular complexity index is 333. The number of ether oxygens (including phenoxy) is 1. The number of nitrogens with two attached hydrogens (primary N) is 1. The van der Waals surface area contributed by atoms with E-state index in [1.165, 1.54) is 18.4 Å². The normalized spacial score (nSPS) is 24.6. The number of aryl methyl sites for hydroxylation is 1. The number of rotatable bonds is 4. The molecule has 2 N–H and O–H groups in total. The van der Waals surface area contributed by atoms with Gasteiger partial charge in [-0.25, -0.2) is 0 Å². The molecule has 2 nitrogen and oxygen atoms in total. The van der Waals surface area contributed by atoms with E-state index in [0.717, 1.165) is 31.4 Å². The topological polar surface area (TPSA) is 35.2 Å². The molecule has 2 atom stereocenters. The predicted octanol–water partition coefficient (Wildman–Crippen LogP) is 3.29. The fourth-order valence-electron chi connectivity index (χ4n) is 2.50. The number of hydrogen-bond donors (Lipinski definition) is 1. The van der Waals surface area contributed by atoms with Crippen LogP contribution in [0.25, 0.3) is 0 Å². The smallest absolute Gasteiger partial charge is 0.119 e. The average molecular weight is 233 g/mol. The Balaban J connectivity index is 1.89. The summed E-state index contributed by atoms with van der Waals surface area (Å²) in [5, 5.41) is 0. The van der Waals surface area contributed by atoms with E-state index in [9.17, 15) is 0 Å². The summed E-state index contributed by atoms with van der Waals surface area (Å²) in [5.41, 5.74) is 7.35. The van der Waals surface area contributed by atoms with Crippen molar-refractivity contribution in [1.29, 1.82) is 0 Å². The molecular weight excluding hydrogens is 210 g/mol. The first-order valence-corrected chi connectivity index (χ1v) is 6.79. The minimum Gasteiger partial charge on any atom is -0.490 e. The van der Waals surface area contributed by atoms with Crippen LogP contribution in [0, 0.1) is 0 Å². The van der Waals surface area contributed by atoms with Crippen LogP contribution in [0.2, 0.25) is 0 Å². The highest BCUT2D eigenvalue weighted by Gasteiger charge is 2.20. The van der Waals surface area contributed by atoms with Gasteiger partial charge < -0.3 is 10.5 Å². The largest absolute Gasteiger partial charge is 0.490 e. The van der Waals surface area contributed by atoms with E-state index in [0.29, 0.717) is 12.1 Å². The van der Waals surface area contributed by atoms with Crippen molar-refractivity contribution in [2.45, 2.75) is 57.6 Å². The Kier molecular flexibility index (Phi) is 4.43. The molecule has 0 radical (unpaired) electrons. The summed E-state index contributed by atoms with van der Waals surface area (Å²) in [6.45, 7) is 2.20. The third-order valence-electron chi connectivity index (χ3n) is 3.43. The molecule has 0 amide bonds. The van der Waals surface area contributed by atoms with Gasteiger partial charge in [0.2, 0.25) is 0 Å². The molecule has 2 rings (SSSR count). The molecule has 0 bridgehead atoms. The van der Waals surface area contributed by atoms with Gasteiger partial charge in [0, 0.05) is 6.04 Å². The second-order valence-corrected chi connectivity index (χ2v) is 5.06. The van der Waals surface area contributed by atoms with E-state index in [4.69, 9.17) is 10.5 Å². The molecule has 1 fully saturated rings. The molecule has 0 saturated heterocycles. The van der Waals surface area contributed by atoms with Crippen LogP contribution in [0.1, 0.15) is 44.6 Å². The molecule has 0 spiro atoms. The van der Waals surface area contributed by atoms with E-state index in [1.807, 2.05) is 0 Å². The summed E-state index contributed by atoms with van der Waals surface area (Å²) in [5.74, 6) is 0.990. The summed E-state index contributed by atoms with van der Waals surface area (Å²) in [6, 6.07) is 8.84. The standard InChI is InChI=1S/C15H23NO/c1-2-4-12-7-9-14(10-8-12)17-15-6-3-5-13(16)11-15/h7-10,13,15H,2-6,11,16H2,1H3. The molecule has 1 aromatic carbocycles. The van der Waals surface area contributed by atoms with Gasteiger partial charge in [-0.1, -0.05) is 25.5 Å². The molecule has 2 unspecified atom stereocenters. The van der Waals surface area contributed by atoms with Crippen LogP contribution in [0.3, 0.4) is 0 Å². The van der Waals surface area contributed by atoms with Crippen molar-refractivity contribution >= 4 is 0 Å². The highest BCUT2D eigenvalue weighted by Crippen LogP contribution is 2.23. The van der Waals surface area contributed by atoms with Gasteiger partial charge in [0.1, 0.15) is 11.9 Å². The van der Waals surface area contributed by atoms with E-state index < -0.39 is 0 Å². The molecule has 1 saturated carbocycles. The summed E-state index contributed by atoms with van der Waals surface area (Å²) in [6.07, 6.45) is 7.14. The van der Waals surface area contributed by atoms with Crippen LogP contribution in [0.15, 0.2) is 24.3 Å². The third-order valence-corrected chi connectivity index (χ3v) is 3.43. The maximum atomic E-state index is 5.98. The molecule has 0 heterocycles. The lowest BCUT2D eigenvalue weighted by Crippen LogP contribution is -2.33. The highest BCUT2D eigenvalue weighted by atomic mass is 16.5. The van der Waals surface area contributed by atoms with Gasteiger partial charge in [-0.3, -0.25) is 0 Å². The molecule has 17 heavy (non-hydrogen) atoms. The van der Waals surface area contributed by atoms with Gasteiger partial charge >= 0.3 is 0 Å². The fraction of sp³-hybridized carbons (Fsp3) is 0.600. The zero-order valence-electron chi connectivity index (χ0n) is 10.7. The van der Waals surface area contributed by atoms with Gasteiger partial charge in [0.15, 0.2) is 0 Å². The highest BCUT2D eigenvalue weighted by molar-refractivity contribution is 5.27. The Morgan fingerprint density at radius 1 is 1.24 bits per heavy atom. The second kappa shape index (κ2) is 6.06.